The first-order chi connectivity index (χ1) is 6.60. The highest BCUT2D eigenvalue weighted by atomic mass is 35.5. The van der Waals surface area contributed by atoms with Gasteiger partial charge in [0.05, 0.1) is 0 Å². The van der Waals surface area contributed by atoms with Gasteiger partial charge in [0.2, 0.25) is 11.8 Å². The lowest BCUT2D eigenvalue weighted by molar-refractivity contribution is -0.119. The number of hydrogen-bond acceptors (Lipinski definition) is 2. The smallest absolute Gasteiger partial charge is 0.235 e. The summed E-state index contributed by atoms with van der Waals surface area (Å²) in [7, 11) is 0. The molecule has 0 bridgehead atoms. The van der Waals surface area contributed by atoms with Gasteiger partial charge < -0.3 is 10.6 Å². The zero-order chi connectivity index (χ0) is 11.0. The van der Waals surface area contributed by atoms with Gasteiger partial charge in [-0.15, -0.1) is 23.2 Å². The SMILES string of the molecule is CC(CCNC(=O)CCl)NC(=O)CCl. The highest BCUT2D eigenvalue weighted by molar-refractivity contribution is 6.27. The lowest BCUT2D eigenvalue weighted by Crippen LogP contribution is -2.36. The van der Waals surface area contributed by atoms with Gasteiger partial charge in [-0.3, -0.25) is 9.59 Å². The average molecular weight is 241 g/mol. The summed E-state index contributed by atoms with van der Waals surface area (Å²) in [6.07, 6.45) is 0.658. The van der Waals surface area contributed by atoms with Crippen molar-refractivity contribution in [2.24, 2.45) is 0 Å². The number of carbonyl (C=O) groups excluding carboxylic acids is 2. The third-order valence-electron chi connectivity index (χ3n) is 1.55. The quantitative estimate of drug-likeness (QED) is 0.664. The van der Waals surface area contributed by atoms with E-state index < -0.39 is 0 Å². The maximum Gasteiger partial charge on any atom is 0.235 e. The van der Waals surface area contributed by atoms with Crippen LogP contribution in [-0.2, 0) is 9.59 Å². The van der Waals surface area contributed by atoms with Gasteiger partial charge in [-0.25, -0.2) is 0 Å². The van der Waals surface area contributed by atoms with Crippen molar-refractivity contribution in [2.75, 3.05) is 18.3 Å². The molecule has 0 saturated heterocycles. The molecule has 0 aromatic rings. The van der Waals surface area contributed by atoms with E-state index in [4.69, 9.17) is 23.2 Å². The normalized spacial score (nSPS) is 11.9. The summed E-state index contributed by atoms with van der Waals surface area (Å²) in [6.45, 7) is 2.34. The molecule has 0 heterocycles. The number of hydrogen-bond donors (Lipinski definition) is 2. The minimum atomic E-state index is -0.206. The van der Waals surface area contributed by atoms with Crippen LogP contribution < -0.4 is 10.6 Å². The first-order valence-corrected chi connectivity index (χ1v) is 5.35. The van der Waals surface area contributed by atoms with Crippen LogP contribution in [0.5, 0.6) is 0 Å². The first-order valence-electron chi connectivity index (χ1n) is 4.28. The van der Waals surface area contributed by atoms with Crippen LogP contribution in [0.25, 0.3) is 0 Å². The molecule has 2 amide bonds. The molecule has 0 fully saturated rings. The van der Waals surface area contributed by atoms with E-state index in [1.54, 1.807) is 0 Å². The monoisotopic (exact) mass is 240 g/mol. The lowest BCUT2D eigenvalue weighted by atomic mass is 10.2. The van der Waals surface area contributed by atoms with E-state index in [2.05, 4.69) is 10.6 Å². The van der Waals surface area contributed by atoms with Crippen molar-refractivity contribution in [1.29, 1.82) is 0 Å². The largest absolute Gasteiger partial charge is 0.355 e. The number of carbonyl (C=O) groups is 2. The molecule has 2 N–H and O–H groups in total. The highest BCUT2D eigenvalue weighted by Gasteiger charge is 2.06. The summed E-state index contributed by atoms with van der Waals surface area (Å²) < 4.78 is 0. The molecule has 6 heteroatoms. The Balaban J connectivity index is 3.49. The molecule has 1 unspecified atom stereocenters. The summed E-state index contributed by atoms with van der Waals surface area (Å²) in [5.41, 5.74) is 0. The number of rotatable bonds is 6. The topological polar surface area (TPSA) is 58.2 Å². The van der Waals surface area contributed by atoms with Crippen LogP contribution >= 0.6 is 23.2 Å². The minimum Gasteiger partial charge on any atom is -0.355 e. The second-order valence-electron chi connectivity index (χ2n) is 2.87. The van der Waals surface area contributed by atoms with Gasteiger partial charge in [0.25, 0.3) is 0 Å². The molecule has 82 valence electrons. The van der Waals surface area contributed by atoms with Crippen molar-refractivity contribution < 1.29 is 9.59 Å². The van der Waals surface area contributed by atoms with Crippen LogP contribution in [0.3, 0.4) is 0 Å². The Bertz CT molecular complexity index is 200. The predicted octanol–water partition coefficient (Wildman–Crippen LogP) is 0.475. The van der Waals surface area contributed by atoms with Crippen molar-refractivity contribution in [2.45, 2.75) is 19.4 Å². The summed E-state index contributed by atoms with van der Waals surface area (Å²) in [6, 6.07) is -0.00289. The molecule has 0 saturated carbocycles. The molecular weight excluding hydrogens is 227 g/mol. The van der Waals surface area contributed by atoms with E-state index in [9.17, 15) is 9.59 Å². The van der Waals surface area contributed by atoms with Crippen LogP contribution in [0.2, 0.25) is 0 Å². The minimum absolute atomic E-state index is 0.00289. The number of amides is 2. The second-order valence-corrected chi connectivity index (χ2v) is 3.41. The summed E-state index contributed by atoms with van der Waals surface area (Å²) in [5, 5.41) is 5.27. The van der Waals surface area contributed by atoms with Crippen molar-refractivity contribution in [3.63, 3.8) is 0 Å². The molecular formula is C8H14Cl2N2O2. The maximum atomic E-state index is 10.8. The van der Waals surface area contributed by atoms with Gasteiger partial charge in [-0.05, 0) is 13.3 Å². The van der Waals surface area contributed by atoms with E-state index in [-0.39, 0.29) is 29.6 Å². The maximum absolute atomic E-state index is 10.8. The number of alkyl halides is 2. The van der Waals surface area contributed by atoms with Crippen LogP contribution in [0.4, 0.5) is 0 Å². The summed E-state index contributed by atoms with van der Waals surface area (Å²) in [4.78, 5) is 21.5. The standard InChI is InChI=1S/C8H14Cl2N2O2/c1-6(12-8(14)5-10)2-3-11-7(13)4-9/h6H,2-5H2,1H3,(H,11,13)(H,12,14). The van der Waals surface area contributed by atoms with E-state index in [1.165, 1.54) is 0 Å². The van der Waals surface area contributed by atoms with Crippen LogP contribution in [0, 0.1) is 0 Å². The molecule has 0 radical (unpaired) electrons. The van der Waals surface area contributed by atoms with Crippen molar-refractivity contribution >= 4 is 35.0 Å². The Kier molecular flexibility index (Phi) is 7.61. The third-order valence-corrected chi connectivity index (χ3v) is 2.04. The van der Waals surface area contributed by atoms with Gasteiger partial charge in [-0.1, -0.05) is 0 Å². The summed E-state index contributed by atoms with van der Waals surface area (Å²) in [5.74, 6) is -0.494. The van der Waals surface area contributed by atoms with Gasteiger partial charge in [0.1, 0.15) is 11.8 Å². The molecule has 0 rings (SSSR count). The zero-order valence-corrected chi connectivity index (χ0v) is 9.49. The number of halogens is 2. The molecule has 0 spiro atoms. The Hall–Kier alpha value is -0.480. The molecule has 0 aliphatic heterocycles. The Morgan fingerprint density at radius 2 is 1.79 bits per heavy atom. The zero-order valence-electron chi connectivity index (χ0n) is 7.98. The molecule has 1 atom stereocenters. The van der Waals surface area contributed by atoms with Gasteiger partial charge in [-0.2, -0.15) is 0 Å². The second kappa shape index (κ2) is 7.88. The van der Waals surface area contributed by atoms with Gasteiger partial charge >= 0.3 is 0 Å². The molecule has 14 heavy (non-hydrogen) atoms. The Morgan fingerprint density at radius 3 is 2.29 bits per heavy atom. The fourth-order valence-corrected chi connectivity index (χ4v) is 1.03. The predicted molar refractivity (Wildman–Crippen MR) is 56.7 cm³/mol. The number of nitrogens with one attached hydrogen (secondary N) is 2. The Labute approximate surface area is 93.3 Å². The van der Waals surface area contributed by atoms with E-state index >= 15 is 0 Å². The molecule has 0 aliphatic carbocycles. The van der Waals surface area contributed by atoms with E-state index in [0.29, 0.717) is 13.0 Å². The fourth-order valence-electron chi connectivity index (χ4n) is 0.861. The lowest BCUT2D eigenvalue weighted by Gasteiger charge is -2.12. The van der Waals surface area contributed by atoms with E-state index in [0.717, 1.165) is 0 Å². The molecule has 4 nitrogen and oxygen atoms in total. The first kappa shape index (κ1) is 13.5. The molecule has 0 aliphatic rings. The van der Waals surface area contributed by atoms with Gasteiger partial charge in [0.15, 0.2) is 0 Å². The third kappa shape index (κ3) is 6.97. The fraction of sp³-hybridized carbons (Fsp3) is 0.750. The highest BCUT2D eigenvalue weighted by Crippen LogP contribution is 1.89. The van der Waals surface area contributed by atoms with Crippen molar-refractivity contribution in [3.05, 3.63) is 0 Å². The van der Waals surface area contributed by atoms with Crippen molar-refractivity contribution in [1.82, 2.24) is 10.6 Å². The van der Waals surface area contributed by atoms with Crippen LogP contribution in [0.15, 0.2) is 0 Å². The van der Waals surface area contributed by atoms with Crippen molar-refractivity contribution in [3.8, 4) is 0 Å². The molecule has 0 aromatic carbocycles. The Morgan fingerprint density at radius 1 is 1.21 bits per heavy atom. The van der Waals surface area contributed by atoms with Gasteiger partial charge in [0, 0.05) is 12.6 Å². The average Bonchev–Trinajstić information content (AvgIpc) is 2.17. The van der Waals surface area contributed by atoms with E-state index in [1.807, 2.05) is 6.92 Å². The molecule has 0 aromatic heterocycles. The van der Waals surface area contributed by atoms with Crippen LogP contribution in [0.1, 0.15) is 13.3 Å². The summed E-state index contributed by atoms with van der Waals surface area (Å²) >= 11 is 10.6. The van der Waals surface area contributed by atoms with Crippen LogP contribution in [-0.4, -0.2) is 36.2 Å².